The Morgan fingerprint density at radius 1 is 0.905 bits per heavy atom. The maximum absolute atomic E-state index is 13.5. The molecule has 0 amide bonds. The number of hydrogen-bond donors (Lipinski definition) is 0. The zero-order valence-corrected chi connectivity index (χ0v) is 24.1. The lowest BCUT2D eigenvalue weighted by molar-refractivity contribution is 0.289. The standard InChI is InChI=1S/C33H29N5O3S/c1-22(2)17-18-41-27-15-13-24(14-16-27)30-25(21-37(36-30)26-11-7-4-8-12-26)20-29-32(40)38-33(42-29)34-31(39)28(35-38)19-23-9-5-3-6-10-23/h3-16,20-22H,17-19H2,1-2H3. The molecule has 0 radical (unpaired) electrons. The third-order valence-electron chi connectivity index (χ3n) is 6.81. The van der Waals surface area contributed by atoms with Gasteiger partial charge in [0.25, 0.3) is 11.1 Å². The van der Waals surface area contributed by atoms with Crippen LogP contribution in [0.1, 0.15) is 37.1 Å². The van der Waals surface area contributed by atoms with Crippen molar-refractivity contribution in [2.75, 3.05) is 6.61 Å². The van der Waals surface area contributed by atoms with Crippen molar-refractivity contribution in [3.8, 4) is 22.7 Å². The molecule has 6 rings (SSSR count). The Bertz CT molecular complexity index is 2000. The van der Waals surface area contributed by atoms with Gasteiger partial charge >= 0.3 is 0 Å². The van der Waals surface area contributed by atoms with Crippen molar-refractivity contribution in [1.29, 1.82) is 0 Å². The van der Waals surface area contributed by atoms with E-state index in [2.05, 4.69) is 23.9 Å². The first kappa shape index (κ1) is 27.3. The topological polar surface area (TPSA) is 91.4 Å². The molecule has 0 saturated carbocycles. The molecule has 0 aliphatic rings. The number of hydrogen-bond acceptors (Lipinski definition) is 7. The van der Waals surface area contributed by atoms with E-state index in [4.69, 9.17) is 9.84 Å². The maximum atomic E-state index is 13.5. The van der Waals surface area contributed by atoms with Crippen LogP contribution in [0.25, 0.3) is 28.0 Å². The minimum Gasteiger partial charge on any atom is -0.494 e. The molecule has 0 fully saturated rings. The van der Waals surface area contributed by atoms with Crippen molar-refractivity contribution in [2.45, 2.75) is 26.7 Å². The highest BCUT2D eigenvalue weighted by Gasteiger charge is 2.15. The average molecular weight is 576 g/mol. The highest BCUT2D eigenvalue weighted by molar-refractivity contribution is 7.15. The van der Waals surface area contributed by atoms with E-state index in [1.807, 2.05) is 91.1 Å². The largest absolute Gasteiger partial charge is 0.494 e. The molecular formula is C33H29N5O3S. The number of thiazole rings is 1. The highest BCUT2D eigenvalue weighted by atomic mass is 32.1. The van der Waals surface area contributed by atoms with Gasteiger partial charge in [-0.1, -0.05) is 73.7 Å². The quantitative estimate of drug-likeness (QED) is 0.243. The number of benzene rings is 3. The average Bonchev–Trinajstić information content (AvgIpc) is 3.55. The number of nitrogens with zero attached hydrogens (tertiary/aromatic N) is 5. The van der Waals surface area contributed by atoms with E-state index in [-0.39, 0.29) is 16.2 Å². The molecular weight excluding hydrogens is 546 g/mol. The summed E-state index contributed by atoms with van der Waals surface area (Å²) in [7, 11) is 0. The van der Waals surface area contributed by atoms with Crippen LogP contribution >= 0.6 is 11.3 Å². The van der Waals surface area contributed by atoms with Crippen molar-refractivity contribution in [1.82, 2.24) is 24.4 Å². The fourth-order valence-electron chi connectivity index (χ4n) is 4.53. The Balaban J connectivity index is 1.40. The van der Waals surface area contributed by atoms with Crippen LogP contribution in [0.4, 0.5) is 0 Å². The summed E-state index contributed by atoms with van der Waals surface area (Å²) in [4.78, 5) is 30.6. The Morgan fingerprint density at radius 3 is 2.33 bits per heavy atom. The van der Waals surface area contributed by atoms with Crippen molar-refractivity contribution in [3.63, 3.8) is 0 Å². The van der Waals surface area contributed by atoms with Crippen molar-refractivity contribution in [2.24, 2.45) is 5.92 Å². The first-order valence-electron chi connectivity index (χ1n) is 13.8. The first-order chi connectivity index (χ1) is 20.4. The summed E-state index contributed by atoms with van der Waals surface area (Å²) in [6, 6.07) is 27.2. The molecule has 0 spiro atoms. The molecule has 6 aromatic rings. The monoisotopic (exact) mass is 575 g/mol. The Hall–Kier alpha value is -4.89. The molecule has 0 atom stereocenters. The van der Waals surface area contributed by atoms with Gasteiger partial charge in [-0.2, -0.15) is 19.7 Å². The van der Waals surface area contributed by atoms with Gasteiger partial charge in [0.05, 0.1) is 16.8 Å². The van der Waals surface area contributed by atoms with Gasteiger partial charge in [0.1, 0.15) is 17.1 Å². The van der Waals surface area contributed by atoms with Crippen LogP contribution in [0, 0.1) is 5.92 Å². The normalized spacial score (nSPS) is 11.9. The van der Waals surface area contributed by atoms with Gasteiger partial charge in [0, 0.05) is 23.7 Å². The van der Waals surface area contributed by atoms with Gasteiger partial charge in [-0.25, -0.2) is 4.68 Å². The number of rotatable bonds is 9. The summed E-state index contributed by atoms with van der Waals surface area (Å²) < 4.78 is 9.33. The summed E-state index contributed by atoms with van der Waals surface area (Å²) in [5.74, 6) is 1.37. The van der Waals surface area contributed by atoms with Crippen molar-refractivity contribution >= 4 is 22.4 Å². The fourth-order valence-corrected chi connectivity index (χ4v) is 5.43. The summed E-state index contributed by atoms with van der Waals surface area (Å²) in [6.07, 6.45) is 4.97. The molecule has 3 heterocycles. The maximum Gasteiger partial charge on any atom is 0.296 e. The molecule has 210 valence electrons. The van der Waals surface area contributed by atoms with Crippen LogP contribution in [-0.4, -0.2) is 31.0 Å². The highest BCUT2D eigenvalue weighted by Crippen LogP contribution is 2.26. The molecule has 0 bridgehead atoms. The Kier molecular flexibility index (Phi) is 7.74. The van der Waals surface area contributed by atoms with E-state index in [9.17, 15) is 9.59 Å². The minimum absolute atomic E-state index is 0.230. The lowest BCUT2D eigenvalue weighted by atomic mass is 10.1. The smallest absolute Gasteiger partial charge is 0.296 e. The molecule has 42 heavy (non-hydrogen) atoms. The third kappa shape index (κ3) is 5.91. The summed E-state index contributed by atoms with van der Waals surface area (Å²) in [5, 5.41) is 9.27. The van der Waals surface area contributed by atoms with E-state index < -0.39 is 5.56 Å². The van der Waals surface area contributed by atoms with Crippen LogP contribution in [0.2, 0.25) is 0 Å². The van der Waals surface area contributed by atoms with Crippen LogP contribution in [0.15, 0.2) is 101 Å². The summed E-state index contributed by atoms with van der Waals surface area (Å²) in [6.45, 7) is 5.01. The molecule has 8 nitrogen and oxygen atoms in total. The number of para-hydroxylation sites is 1. The van der Waals surface area contributed by atoms with Crippen LogP contribution < -0.4 is 20.4 Å². The molecule has 0 aliphatic carbocycles. The second kappa shape index (κ2) is 11.9. The lowest BCUT2D eigenvalue weighted by Gasteiger charge is -2.08. The third-order valence-corrected chi connectivity index (χ3v) is 7.77. The molecule has 0 aliphatic heterocycles. The molecule has 3 aromatic heterocycles. The second-order valence-electron chi connectivity index (χ2n) is 10.4. The number of aromatic nitrogens is 5. The van der Waals surface area contributed by atoms with Gasteiger partial charge in [-0.3, -0.25) is 9.59 Å². The molecule has 9 heteroatoms. The summed E-state index contributed by atoms with van der Waals surface area (Å²) >= 11 is 1.13. The molecule has 0 saturated heterocycles. The SMILES string of the molecule is CC(C)CCOc1ccc(-c2nn(-c3ccccc3)cc2C=c2sc3nc(=O)c(Cc4ccccc4)nn3c2=O)cc1. The van der Waals surface area contributed by atoms with E-state index in [0.717, 1.165) is 45.9 Å². The number of ether oxygens (including phenoxy) is 1. The predicted octanol–water partition coefficient (Wildman–Crippen LogP) is 4.93. The number of fused-ring (bicyclic) bond motifs is 1. The predicted molar refractivity (Wildman–Crippen MR) is 165 cm³/mol. The van der Waals surface area contributed by atoms with Gasteiger partial charge in [-0.05, 0) is 60.4 Å². The summed E-state index contributed by atoms with van der Waals surface area (Å²) in [5.41, 5.74) is 3.64. The van der Waals surface area contributed by atoms with Gasteiger partial charge in [0.15, 0.2) is 0 Å². The second-order valence-corrected chi connectivity index (χ2v) is 11.4. The fraction of sp³-hybridized carbons (Fsp3) is 0.182. The van der Waals surface area contributed by atoms with Gasteiger partial charge < -0.3 is 4.74 Å². The van der Waals surface area contributed by atoms with E-state index >= 15 is 0 Å². The van der Waals surface area contributed by atoms with Gasteiger partial charge in [-0.15, -0.1) is 0 Å². The van der Waals surface area contributed by atoms with Crippen molar-refractivity contribution < 1.29 is 4.74 Å². The molecule has 3 aromatic carbocycles. The molecule has 0 N–H and O–H groups in total. The van der Waals surface area contributed by atoms with Crippen LogP contribution in [0.3, 0.4) is 0 Å². The molecule has 0 unspecified atom stereocenters. The lowest BCUT2D eigenvalue weighted by Crippen LogP contribution is -2.28. The van der Waals surface area contributed by atoms with Gasteiger partial charge in [0.2, 0.25) is 4.96 Å². The zero-order chi connectivity index (χ0) is 29.1. The van der Waals surface area contributed by atoms with Crippen molar-refractivity contribution in [3.05, 3.63) is 133 Å². The van der Waals surface area contributed by atoms with Crippen LogP contribution in [-0.2, 0) is 6.42 Å². The minimum atomic E-state index is -0.431. The zero-order valence-electron chi connectivity index (χ0n) is 23.3. The van der Waals surface area contributed by atoms with E-state index in [0.29, 0.717) is 29.2 Å². The van der Waals surface area contributed by atoms with E-state index in [1.54, 1.807) is 10.8 Å². The Labute approximate surface area is 246 Å². The first-order valence-corrected chi connectivity index (χ1v) is 14.6. The Morgan fingerprint density at radius 2 is 1.62 bits per heavy atom. The van der Waals surface area contributed by atoms with E-state index in [1.165, 1.54) is 4.52 Å². The van der Waals surface area contributed by atoms with Crippen LogP contribution in [0.5, 0.6) is 5.75 Å².